The van der Waals surface area contributed by atoms with E-state index in [-0.39, 0.29) is 24.8 Å². The Morgan fingerprint density at radius 2 is 1.83 bits per heavy atom. The Bertz CT molecular complexity index is 1020. The Labute approximate surface area is 169 Å². The van der Waals surface area contributed by atoms with Crippen molar-refractivity contribution in [2.24, 2.45) is 0 Å². The molecule has 0 saturated heterocycles. The molecule has 29 heavy (non-hydrogen) atoms. The summed E-state index contributed by atoms with van der Waals surface area (Å²) >= 11 is 0. The molecule has 1 aromatic heterocycles. The lowest BCUT2D eigenvalue weighted by Gasteiger charge is -2.10. The van der Waals surface area contributed by atoms with Gasteiger partial charge in [0.1, 0.15) is 0 Å². The van der Waals surface area contributed by atoms with Gasteiger partial charge in [-0.15, -0.1) is 6.42 Å². The van der Waals surface area contributed by atoms with Gasteiger partial charge in [0.25, 0.3) is 5.91 Å². The monoisotopic (exact) mass is 387 g/mol. The summed E-state index contributed by atoms with van der Waals surface area (Å²) in [5.74, 6) is 3.13. The fraction of sp³-hybridized carbons (Fsp3) is 0.174. The quantitative estimate of drug-likeness (QED) is 0.578. The normalized spacial score (nSPS) is 10.2. The molecule has 0 spiro atoms. The van der Waals surface area contributed by atoms with Crippen LogP contribution in [0.25, 0.3) is 11.3 Å². The number of carbonyl (C=O) groups excluding carboxylic acids is 2. The van der Waals surface area contributed by atoms with E-state index in [1.807, 2.05) is 30.3 Å². The Balaban J connectivity index is 1.52. The molecule has 6 heteroatoms. The average Bonchev–Trinajstić information content (AvgIpc) is 3.22. The van der Waals surface area contributed by atoms with Gasteiger partial charge in [0.15, 0.2) is 11.7 Å². The standard InChI is InChI=1S/C23H21N3O3/c1-2-15-24-23(28)18-11-6-7-12-19(18)26-21(27)13-8-14-22-25-16-20(29-22)17-9-4-3-5-10-17/h1,3-7,9-12,16H,8,13-15H2,(H,24,28)(H,26,27). The summed E-state index contributed by atoms with van der Waals surface area (Å²) in [4.78, 5) is 28.7. The van der Waals surface area contributed by atoms with Crippen molar-refractivity contribution in [3.63, 3.8) is 0 Å². The summed E-state index contributed by atoms with van der Waals surface area (Å²) in [6.07, 6.45) is 8.26. The van der Waals surface area contributed by atoms with Crippen molar-refractivity contribution in [1.82, 2.24) is 10.3 Å². The number of carbonyl (C=O) groups is 2. The molecule has 2 N–H and O–H groups in total. The first-order valence-corrected chi connectivity index (χ1v) is 9.28. The van der Waals surface area contributed by atoms with E-state index in [0.717, 1.165) is 5.56 Å². The lowest BCUT2D eigenvalue weighted by Crippen LogP contribution is -2.25. The molecule has 146 valence electrons. The van der Waals surface area contributed by atoms with Gasteiger partial charge in [-0.05, 0) is 18.6 Å². The van der Waals surface area contributed by atoms with Crippen LogP contribution in [0, 0.1) is 12.3 Å². The lowest BCUT2D eigenvalue weighted by molar-refractivity contribution is -0.116. The topological polar surface area (TPSA) is 84.2 Å². The van der Waals surface area contributed by atoms with Gasteiger partial charge >= 0.3 is 0 Å². The molecule has 0 aliphatic carbocycles. The minimum atomic E-state index is -0.327. The number of amides is 2. The number of nitrogens with one attached hydrogen (secondary N) is 2. The number of benzene rings is 2. The summed E-state index contributed by atoms with van der Waals surface area (Å²) in [6.45, 7) is 0.127. The van der Waals surface area contributed by atoms with Crippen LogP contribution in [0.15, 0.2) is 65.2 Å². The Morgan fingerprint density at radius 1 is 1.07 bits per heavy atom. The van der Waals surface area contributed by atoms with Crippen LogP contribution < -0.4 is 10.6 Å². The number of aryl methyl sites for hydroxylation is 1. The van der Waals surface area contributed by atoms with Crippen LogP contribution in [0.2, 0.25) is 0 Å². The van der Waals surface area contributed by atoms with Gasteiger partial charge in [-0.25, -0.2) is 4.98 Å². The molecule has 2 amide bonds. The third kappa shape index (κ3) is 5.56. The zero-order valence-electron chi connectivity index (χ0n) is 15.9. The fourth-order valence-electron chi connectivity index (χ4n) is 2.79. The van der Waals surface area contributed by atoms with E-state index in [1.54, 1.807) is 30.5 Å². The first kappa shape index (κ1) is 19.9. The maximum absolute atomic E-state index is 12.3. The molecule has 0 atom stereocenters. The van der Waals surface area contributed by atoms with Gasteiger partial charge in [0.05, 0.1) is 24.0 Å². The molecule has 0 aliphatic heterocycles. The number of hydrogen-bond donors (Lipinski definition) is 2. The third-order valence-corrected chi connectivity index (χ3v) is 4.20. The van der Waals surface area contributed by atoms with Crippen LogP contribution in [0.1, 0.15) is 29.1 Å². The SMILES string of the molecule is C#CCNC(=O)c1ccccc1NC(=O)CCCc1ncc(-c2ccccc2)o1. The van der Waals surface area contributed by atoms with E-state index in [1.165, 1.54) is 0 Å². The molecule has 1 heterocycles. The van der Waals surface area contributed by atoms with Crippen molar-refractivity contribution in [3.8, 4) is 23.7 Å². The van der Waals surface area contributed by atoms with E-state index in [2.05, 4.69) is 21.5 Å². The minimum absolute atomic E-state index is 0.127. The fourth-order valence-corrected chi connectivity index (χ4v) is 2.79. The largest absolute Gasteiger partial charge is 0.441 e. The van der Waals surface area contributed by atoms with Crippen molar-refractivity contribution in [2.75, 3.05) is 11.9 Å². The second-order valence-electron chi connectivity index (χ2n) is 6.32. The van der Waals surface area contributed by atoms with Crippen LogP contribution in [0.5, 0.6) is 0 Å². The number of nitrogens with zero attached hydrogens (tertiary/aromatic N) is 1. The van der Waals surface area contributed by atoms with E-state index >= 15 is 0 Å². The molecule has 0 saturated carbocycles. The van der Waals surface area contributed by atoms with Crippen LogP contribution in [-0.2, 0) is 11.2 Å². The Hall–Kier alpha value is -3.85. The van der Waals surface area contributed by atoms with Gasteiger partial charge < -0.3 is 15.1 Å². The molecule has 0 aliphatic rings. The predicted octanol–water partition coefficient (Wildman–Crippen LogP) is 3.67. The maximum atomic E-state index is 12.3. The van der Waals surface area contributed by atoms with Crippen LogP contribution in [0.3, 0.4) is 0 Å². The second kappa shape index (κ2) is 9.90. The molecule has 0 bridgehead atoms. The highest BCUT2D eigenvalue weighted by Gasteiger charge is 2.13. The van der Waals surface area contributed by atoms with Gasteiger partial charge in [0, 0.05) is 18.4 Å². The van der Waals surface area contributed by atoms with Crippen molar-refractivity contribution >= 4 is 17.5 Å². The smallest absolute Gasteiger partial charge is 0.254 e. The summed E-state index contributed by atoms with van der Waals surface area (Å²) in [5.41, 5.74) is 1.79. The summed E-state index contributed by atoms with van der Waals surface area (Å²) in [5, 5.41) is 5.38. The van der Waals surface area contributed by atoms with Crippen LogP contribution >= 0.6 is 0 Å². The van der Waals surface area contributed by atoms with E-state index < -0.39 is 0 Å². The first-order valence-electron chi connectivity index (χ1n) is 9.28. The number of para-hydroxylation sites is 1. The van der Waals surface area contributed by atoms with Gasteiger partial charge in [-0.3, -0.25) is 9.59 Å². The van der Waals surface area contributed by atoms with E-state index in [9.17, 15) is 9.59 Å². The molecule has 0 unspecified atom stereocenters. The maximum Gasteiger partial charge on any atom is 0.254 e. The lowest BCUT2D eigenvalue weighted by atomic mass is 10.1. The first-order chi connectivity index (χ1) is 14.2. The second-order valence-corrected chi connectivity index (χ2v) is 6.32. The van der Waals surface area contributed by atoms with E-state index in [0.29, 0.717) is 35.7 Å². The molecular formula is C23H21N3O3. The van der Waals surface area contributed by atoms with Crippen molar-refractivity contribution < 1.29 is 14.0 Å². The summed E-state index contributed by atoms with van der Waals surface area (Å²) in [6, 6.07) is 16.5. The zero-order valence-corrected chi connectivity index (χ0v) is 15.9. The highest BCUT2D eigenvalue weighted by Crippen LogP contribution is 2.21. The molecule has 3 aromatic rings. The third-order valence-electron chi connectivity index (χ3n) is 4.20. The van der Waals surface area contributed by atoms with Crippen molar-refractivity contribution in [2.45, 2.75) is 19.3 Å². The number of terminal acetylenes is 1. The highest BCUT2D eigenvalue weighted by molar-refractivity contribution is 6.03. The highest BCUT2D eigenvalue weighted by atomic mass is 16.4. The van der Waals surface area contributed by atoms with Crippen LogP contribution in [-0.4, -0.2) is 23.3 Å². The van der Waals surface area contributed by atoms with Crippen molar-refractivity contribution in [1.29, 1.82) is 0 Å². The number of anilines is 1. The summed E-state index contributed by atoms with van der Waals surface area (Å²) in [7, 11) is 0. The number of hydrogen-bond acceptors (Lipinski definition) is 4. The number of aromatic nitrogens is 1. The van der Waals surface area contributed by atoms with Gasteiger partial charge in [0.2, 0.25) is 5.91 Å². The molecule has 2 aromatic carbocycles. The average molecular weight is 387 g/mol. The summed E-state index contributed by atoms with van der Waals surface area (Å²) < 4.78 is 5.75. The van der Waals surface area contributed by atoms with Crippen molar-refractivity contribution in [3.05, 3.63) is 72.2 Å². The Kier molecular flexibility index (Phi) is 6.80. The predicted molar refractivity (Wildman–Crippen MR) is 111 cm³/mol. The molecule has 6 nitrogen and oxygen atoms in total. The number of rotatable bonds is 8. The van der Waals surface area contributed by atoms with Gasteiger partial charge in [-0.2, -0.15) is 0 Å². The zero-order chi connectivity index (χ0) is 20.5. The molecular weight excluding hydrogens is 366 g/mol. The minimum Gasteiger partial charge on any atom is -0.441 e. The molecule has 3 rings (SSSR count). The molecule has 0 radical (unpaired) electrons. The van der Waals surface area contributed by atoms with E-state index in [4.69, 9.17) is 10.8 Å². The Morgan fingerprint density at radius 3 is 2.62 bits per heavy atom. The van der Waals surface area contributed by atoms with Crippen LogP contribution in [0.4, 0.5) is 5.69 Å². The number of oxazole rings is 1. The van der Waals surface area contributed by atoms with Gasteiger partial charge in [-0.1, -0.05) is 48.4 Å². The molecule has 0 fully saturated rings.